The summed E-state index contributed by atoms with van der Waals surface area (Å²) in [5.74, 6) is 0. The molecule has 0 saturated carbocycles. The zero-order chi connectivity index (χ0) is 10.4. The first-order valence-corrected chi connectivity index (χ1v) is 6.02. The molecule has 1 aromatic rings. The normalized spacial score (nSPS) is 14.7. The first-order valence-electron chi connectivity index (χ1n) is 4.73. The van der Waals surface area contributed by atoms with Crippen molar-refractivity contribution in [3.05, 3.63) is 48.6 Å². The molecular formula is C12H17NS. The minimum absolute atomic E-state index is 0.101. The minimum Gasteiger partial charge on any atom is -0.323 e. The second-order valence-corrected chi connectivity index (χ2v) is 4.31. The smallest absolute Gasteiger partial charge is 0.0418 e. The summed E-state index contributed by atoms with van der Waals surface area (Å²) in [7, 11) is 0. The standard InChI is InChI=1S/C12H17NS/c1-3-7-11(14-2)12(13)10-8-5-4-6-9-10/h3-6,8-9,11-12H,1,7,13H2,2H3. The van der Waals surface area contributed by atoms with Gasteiger partial charge < -0.3 is 5.73 Å². The molecule has 1 aromatic carbocycles. The SMILES string of the molecule is C=CCC(SC)C(N)c1ccccc1. The summed E-state index contributed by atoms with van der Waals surface area (Å²) < 4.78 is 0. The molecule has 76 valence electrons. The lowest BCUT2D eigenvalue weighted by atomic mass is 10.0. The van der Waals surface area contributed by atoms with Crippen LogP contribution in [-0.2, 0) is 0 Å². The predicted molar refractivity (Wildman–Crippen MR) is 65.5 cm³/mol. The van der Waals surface area contributed by atoms with Crippen LogP contribution in [0.15, 0.2) is 43.0 Å². The highest BCUT2D eigenvalue weighted by molar-refractivity contribution is 7.99. The van der Waals surface area contributed by atoms with Crippen molar-refractivity contribution in [2.24, 2.45) is 5.73 Å². The van der Waals surface area contributed by atoms with Crippen LogP contribution in [0.25, 0.3) is 0 Å². The lowest BCUT2D eigenvalue weighted by Crippen LogP contribution is -2.22. The summed E-state index contributed by atoms with van der Waals surface area (Å²) in [6.07, 6.45) is 4.98. The molecule has 0 aliphatic heterocycles. The quantitative estimate of drug-likeness (QED) is 0.751. The van der Waals surface area contributed by atoms with Crippen LogP contribution in [-0.4, -0.2) is 11.5 Å². The fraction of sp³-hybridized carbons (Fsp3) is 0.333. The third-order valence-corrected chi connectivity index (χ3v) is 3.38. The fourth-order valence-electron chi connectivity index (χ4n) is 1.44. The van der Waals surface area contributed by atoms with Gasteiger partial charge in [0.1, 0.15) is 0 Å². The summed E-state index contributed by atoms with van der Waals surface area (Å²) >= 11 is 1.80. The Labute approximate surface area is 90.4 Å². The monoisotopic (exact) mass is 207 g/mol. The second-order valence-electron chi connectivity index (χ2n) is 3.23. The van der Waals surface area contributed by atoms with Crippen LogP contribution in [0.5, 0.6) is 0 Å². The molecular weight excluding hydrogens is 190 g/mol. The van der Waals surface area contributed by atoms with E-state index in [1.54, 1.807) is 11.8 Å². The van der Waals surface area contributed by atoms with Gasteiger partial charge in [0.15, 0.2) is 0 Å². The molecule has 0 heterocycles. The molecule has 0 bridgehead atoms. The largest absolute Gasteiger partial charge is 0.323 e. The van der Waals surface area contributed by atoms with Crippen molar-refractivity contribution in [1.29, 1.82) is 0 Å². The van der Waals surface area contributed by atoms with Crippen LogP contribution in [0.3, 0.4) is 0 Å². The van der Waals surface area contributed by atoms with Gasteiger partial charge in [0.2, 0.25) is 0 Å². The first kappa shape index (κ1) is 11.3. The van der Waals surface area contributed by atoms with Gasteiger partial charge in [-0.3, -0.25) is 0 Å². The number of rotatable bonds is 5. The summed E-state index contributed by atoms with van der Waals surface area (Å²) in [4.78, 5) is 0. The van der Waals surface area contributed by atoms with E-state index >= 15 is 0 Å². The third-order valence-electron chi connectivity index (χ3n) is 2.29. The molecule has 14 heavy (non-hydrogen) atoms. The van der Waals surface area contributed by atoms with Crippen molar-refractivity contribution in [3.8, 4) is 0 Å². The highest BCUT2D eigenvalue weighted by Gasteiger charge is 2.16. The van der Waals surface area contributed by atoms with Crippen molar-refractivity contribution >= 4 is 11.8 Å². The maximum atomic E-state index is 6.17. The van der Waals surface area contributed by atoms with Crippen LogP contribution in [0.4, 0.5) is 0 Å². The number of hydrogen-bond acceptors (Lipinski definition) is 2. The summed E-state index contributed by atoms with van der Waals surface area (Å²) in [6.45, 7) is 3.76. The van der Waals surface area contributed by atoms with Crippen LogP contribution in [0.1, 0.15) is 18.0 Å². The summed E-state index contributed by atoms with van der Waals surface area (Å²) in [6, 6.07) is 10.3. The maximum Gasteiger partial charge on any atom is 0.0418 e. The van der Waals surface area contributed by atoms with Crippen LogP contribution < -0.4 is 5.73 Å². The lowest BCUT2D eigenvalue weighted by Gasteiger charge is -2.20. The van der Waals surface area contributed by atoms with E-state index in [9.17, 15) is 0 Å². The van der Waals surface area contributed by atoms with Crippen molar-refractivity contribution in [2.45, 2.75) is 17.7 Å². The zero-order valence-corrected chi connectivity index (χ0v) is 9.34. The number of allylic oxidation sites excluding steroid dienone is 1. The molecule has 2 atom stereocenters. The van der Waals surface area contributed by atoms with Crippen molar-refractivity contribution < 1.29 is 0 Å². The molecule has 0 aliphatic rings. The van der Waals surface area contributed by atoms with Crippen molar-refractivity contribution in [3.63, 3.8) is 0 Å². The molecule has 1 rings (SSSR count). The highest BCUT2D eigenvalue weighted by atomic mass is 32.2. The molecule has 2 heteroatoms. The maximum absolute atomic E-state index is 6.17. The highest BCUT2D eigenvalue weighted by Crippen LogP contribution is 2.25. The Morgan fingerprint density at radius 3 is 2.57 bits per heavy atom. The molecule has 2 unspecified atom stereocenters. The topological polar surface area (TPSA) is 26.0 Å². The average molecular weight is 207 g/mol. The molecule has 0 aliphatic carbocycles. The fourth-order valence-corrected chi connectivity index (χ4v) is 2.22. The van der Waals surface area contributed by atoms with Gasteiger partial charge in [-0.1, -0.05) is 36.4 Å². The molecule has 1 nitrogen and oxygen atoms in total. The molecule has 2 N–H and O–H groups in total. The lowest BCUT2D eigenvalue weighted by molar-refractivity contribution is 0.680. The van der Waals surface area contributed by atoms with E-state index in [1.807, 2.05) is 24.3 Å². The molecule has 0 amide bonds. The first-order chi connectivity index (χ1) is 6.79. The Bertz CT molecular complexity index is 271. The van der Waals surface area contributed by atoms with Crippen LogP contribution in [0.2, 0.25) is 0 Å². The van der Waals surface area contributed by atoms with E-state index in [0.29, 0.717) is 5.25 Å². The predicted octanol–water partition coefficient (Wildman–Crippen LogP) is 2.99. The zero-order valence-electron chi connectivity index (χ0n) is 8.52. The number of nitrogens with two attached hydrogens (primary N) is 1. The molecule has 0 radical (unpaired) electrons. The van der Waals surface area contributed by atoms with Crippen molar-refractivity contribution in [2.75, 3.05) is 6.26 Å². The van der Waals surface area contributed by atoms with Gasteiger partial charge in [0.05, 0.1) is 0 Å². The van der Waals surface area contributed by atoms with Gasteiger partial charge in [-0.25, -0.2) is 0 Å². The molecule has 0 fully saturated rings. The average Bonchev–Trinajstić information content (AvgIpc) is 2.26. The van der Waals surface area contributed by atoms with Gasteiger partial charge in [-0.15, -0.1) is 6.58 Å². The van der Waals surface area contributed by atoms with Gasteiger partial charge in [-0.05, 0) is 18.2 Å². The Hall–Kier alpha value is -0.730. The Morgan fingerprint density at radius 2 is 2.07 bits per heavy atom. The molecule has 0 spiro atoms. The van der Waals surface area contributed by atoms with E-state index in [-0.39, 0.29) is 6.04 Å². The van der Waals surface area contributed by atoms with Gasteiger partial charge >= 0.3 is 0 Å². The molecule has 0 saturated heterocycles. The molecule has 0 aromatic heterocycles. The summed E-state index contributed by atoms with van der Waals surface area (Å²) in [5, 5.41) is 0.426. The van der Waals surface area contributed by atoms with E-state index in [1.165, 1.54) is 5.56 Å². The second kappa shape index (κ2) is 5.89. The van der Waals surface area contributed by atoms with Crippen LogP contribution >= 0.6 is 11.8 Å². The number of thioether (sulfide) groups is 1. The van der Waals surface area contributed by atoms with E-state index < -0.39 is 0 Å². The van der Waals surface area contributed by atoms with Crippen LogP contribution in [0, 0.1) is 0 Å². The van der Waals surface area contributed by atoms with Gasteiger partial charge in [0.25, 0.3) is 0 Å². The number of hydrogen-bond donors (Lipinski definition) is 1. The van der Waals surface area contributed by atoms with E-state index in [0.717, 1.165) is 6.42 Å². The van der Waals surface area contributed by atoms with E-state index in [4.69, 9.17) is 5.73 Å². The Morgan fingerprint density at radius 1 is 1.43 bits per heavy atom. The van der Waals surface area contributed by atoms with E-state index in [2.05, 4.69) is 25.0 Å². The van der Waals surface area contributed by atoms with Gasteiger partial charge in [0, 0.05) is 11.3 Å². The summed E-state index contributed by atoms with van der Waals surface area (Å²) in [5.41, 5.74) is 7.37. The third kappa shape index (κ3) is 2.89. The van der Waals surface area contributed by atoms with Crippen molar-refractivity contribution in [1.82, 2.24) is 0 Å². The minimum atomic E-state index is 0.101. The van der Waals surface area contributed by atoms with Gasteiger partial charge in [-0.2, -0.15) is 11.8 Å². The number of benzene rings is 1. The Kier molecular flexibility index (Phi) is 4.77. The Balaban J connectivity index is 2.72.